The molecule has 0 radical (unpaired) electrons. The maximum Gasteiger partial charge on any atom is 0.224 e. The molecule has 0 aromatic heterocycles. The number of hydrogen-bond donors (Lipinski definition) is 1. The van der Waals surface area contributed by atoms with Gasteiger partial charge < -0.3 is 19.5 Å². The van der Waals surface area contributed by atoms with E-state index < -0.39 is 0 Å². The Balaban J connectivity index is 1.90. The number of amides is 1. The second kappa shape index (κ2) is 9.69. The molecule has 1 N–H and O–H groups in total. The summed E-state index contributed by atoms with van der Waals surface area (Å²) in [7, 11) is 3.19. The Hall–Kier alpha value is -2.53. The zero-order valence-corrected chi connectivity index (χ0v) is 15.0. The zero-order chi connectivity index (χ0) is 18.1. The molecule has 0 aliphatic rings. The second-order valence-electron chi connectivity index (χ2n) is 5.58. The van der Waals surface area contributed by atoms with Crippen molar-refractivity contribution in [2.45, 2.75) is 26.5 Å². The van der Waals surface area contributed by atoms with Crippen molar-refractivity contribution in [2.24, 2.45) is 0 Å². The van der Waals surface area contributed by atoms with Gasteiger partial charge in [0.15, 0.2) is 0 Å². The van der Waals surface area contributed by atoms with Crippen LogP contribution in [0.3, 0.4) is 0 Å². The minimum atomic E-state index is -0.0649. The van der Waals surface area contributed by atoms with E-state index in [9.17, 15) is 4.79 Å². The summed E-state index contributed by atoms with van der Waals surface area (Å²) in [4.78, 5) is 12.2. The van der Waals surface area contributed by atoms with Crippen molar-refractivity contribution in [3.8, 4) is 11.5 Å². The smallest absolute Gasteiger partial charge is 0.224 e. The van der Waals surface area contributed by atoms with E-state index in [2.05, 4.69) is 5.32 Å². The fourth-order valence-electron chi connectivity index (χ4n) is 2.43. The minimum absolute atomic E-state index is 0.0649. The number of nitrogens with one attached hydrogen (secondary N) is 1. The predicted octanol–water partition coefficient (Wildman–Crippen LogP) is 3.10. The van der Waals surface area contributed by atoms with Gasteiger partial charge in [0, 0.05) is 18.7 Å². The van der Waals surface area contributed by atoms with E-state index in [0.717, 1.165) is 16.7 Å². The SMILES string of the molecule is CCOCc1ccc(CNC(=O)Cc2cc(OC)ccc2OC)cc1. The van der Waals surface area contributed by atoms with Crippen molar-refractivity contribution in [3.63, 3.8) is 0 Å². The van der Waals surface area contributed by atoms with Crippen LogP contribution in [0.1, 0.15) is 23.6 Å². The Morgan fingerprint density at radius 3 is 2.36 bits per heavy atom. The van der Waals surface area contributed by atoms with Crippen LogP contribution < -0.4 is 14.8 Å². The quantitative estimate of drug-likeness (QED) is 0.760. The van der Waals surface area contributed by atoms with Crippen LogP contribution in [0.15, 0.2) is 42.5 Å². The summed E-state index contributed by atoms with van der Waals surface area (Å²) >= 11 is 0. The molecule has 25 heavy (non-hydrogen) atoms. The van der Waals surface area contributed by atoms with Crippen molar-refractivity contribution in [1.82, 2.24) is 5.32 Å². The molecule has 0 saturated heterocycles. The van der Waals surface area contributed by atoms with E-state index >= 15 is 0 Å². The monoisotopic (exact) mass is 343 g/mol. The van der Waals surface area contributed by atoms with Crippen LogP contribution in [-0.2, 0) is 29.1 Å². The first kappa shape index (κ1) is 18.8. The Morgan fingerprint density at radius 1 is 1.00 bits per heavy atom. The first-order valence-corrected chi connectivity index (χ1v) is 8.29. The molecule has 0 heterocycles. The van der Waals surface area contributed by atoms with Crippen LogP contribution >= 0.6 is 0 Å². The summed E-state index contributed by atoms with van der Waals surface area (Å²) in [5.74, 6) is 1.31. The highest BCUT2D eigenvalue weighted by atomic mass is 16.5. The van der Waals surface area contributed by atoms with Crippen molar-refractivity contribution < 1.29 is 19.0 Å². The van der Waals surface area contributed by atoms with E-state index in [1.165, 1.54) is 0 Å². The molecule has 0 bridgehead atoms. The van der Waals surface area contributed by atoms with Gasteiger partial charge in [-0.2, -0.15) is 0 Å². The van der Waals surface area contributed by atoms with Gasteiger partial charge in [0.05, 0.1) is 27.2 Å². The predicted molar refractivity (Wildman–Crippen MR) is 96.9 cm³/mol. The van der Waals surface area contributed by atoms with Gasteiger partial charge in [-0.1, -0.05) is 24.3 Å². The van der Waals surface area contributed by atoms with Gasteiger partial charge in [0.2, 0.25) is 5.91 Å². The first-order valence-electron chi connectivity index (χ1n) is 8.29. The lowest BCUT2D eigenvalue weighted by Crippen LogP contribution is -2.24. The molecule has 5 heteroatoms. The van der Waals surface area contributed by atoms with E-state index in [1.807, 2.05) is 43.3 Å². The molecular weight excluding hydrogens is 318 g/mol. The summed E-state index contributed by atoms with van der Waals surface area (Å²) < 4.78 is 15.9. The van der Waals surface area contributed by atoms with Crippen LogP contribution in [0.4, 0.5) is 0 Å². The third kappa shape index (κ3) is 5.80. The maximum atomic E-state index is 12.2. The van der Waals surface area contributed by atoms with E-state index in [-0.39, 0.29) is 12.3 Å². The van der Waals surface area contributed by atoms with Gasteiger partial charge in [0.1, 0.15) is 11.5 Å². The van der Waals surface area contributed by atoms with Gasteiger partial charge in [-0.05, 0) is 36.2 Å². The first-order chi connectivity index (χ1) is 12.2. The third-order valence-corrected chi connectivity index (χ3v) is 3.82. The van der Waals surface area contributed by atoms with Crippen LogP contribution in [-0.4, -0.2) is 26.7 Å². The van der Waals surface area contributed by atoms with E-state index in [4.69, 9.17) is 14.2 Å². The molecule has 0 fully saturated rings. The van der Waals surface area contributed by atoms with Crippen LogP contribution in [0.25, 0.3) is 0 Å². The lowest BCUT2D eigenvalue weighted by atomic mass is 10.1. The fourth-order valence-corrected chi connectivity index (χ4v) is 2.43. The molecule has 0 spiro atoms. The standard InChI is InChI=1S/C20H25NO4/c1-4-25-14-16-7-5-15(6-8-16)13-21-20(22)12-17-11-18(23-2)9-10-19(17)24-3/h5-11H,4,12-14H2,1-3H3,(H,21,22). The zero-order valence-electron chi connectivity index (χ0n) is 15.0. The topological polar surface area (TPSA) is 56.8 Å². The van der Waals surface area contributed by atoms with Crippen LogP contribution in [0.5, 0.6) is 11.5 Å². The number of benzene rings is 2. The van der Waals surface area contributed by atoms with Gasteiger partial charge in [-0.3, -0.25) is 4.79 Å². The average Bonchev–Trinajstić information content (AvgIpc) is 2.65. The van der Waals surface area contributed by atoms with Gasteiger partial charge in [-0.25, -0.2) is 0 Å². The summed E-state index contributed by atoms with van der Waals surface area (Å²) in [5.41, 5.74) is 2.97. The largest absolute Gasteiger partial charge is 0.497 e. The number of ether oxygens (including phenoxy) is 3. The normalized spacial score (nSPS) is 10.4. The summed E-state index contributed by atoms with van der Waals surface area (Å²) in [6, 6.07) is 13.5. The number of carbonyl (C=O) groups is 1. The van der Waals surface area contributed by atoms with E-state index in [1.54, 1.807) is 20.3 Å². The van der Waals surface area contributed by atoms with Gasteiger partial charge >= 0.3 is 0 Å². The molecule has 0 atom stereocenters. The van der Waals surface area contributed by atoms with Crippen molar-refractivity contribution >= 4 is 5.91 Å². The molecule has 1 amide bonds. The minimum Gasteiger partial charge on any atom is -0.497 e. The average molecular weight is 343 g/mol. The highest BCUT2D eigenvalue weighted by Gasteiger charge is 2.10. The third-order valence-electron chi connectivity index (χ3n) is 3.82. The van der Waals surface area contributed by atoms with Crippen molar-refractivity contribution in [2.75, 3.05) is 20.8 Å². The lowest BCUT2D eigenvalue weighted by Gasteiger charge is -2.11. The highest BCUT2D eigenvalue weighted by molar-refractivity contribution is 5.79. The Bertz CT molecular complexity index is 683. The molecule has 2 aromatic carbocycles. The van der Waals surface area contributed by atoms with E-state index in [0.29, 0.717) is 31.3 Å². The molecule has 0 saturated carbocycles. The Morgan fingerprint density at radius 2 is 1.72 bits per heavy atom. The number of hydrogen-bond acceptors (Lipinski definition) is 4. The fraction of sp³-hybridized carbons (Fsp3) is 0.350. The summed E-state index contributed by atoms with van der Waals surface area (Å²) in [6.07, 6.45) is 0.239. The second-order valence-corrected chi connectivity index (χ2v) is 5.58. The summed E-state index contributed by atoms with van der Waals surface area (Å²) in [6.45, 7) is 3.77. The van der Waals surface area contributed by atoms with Gasteiger partial charge in [-0.15, -0.1) is 0 Å². The number of rotatable bonds is 9. The van der Waals surface area contributed by atoms with Crippen LogP contribution in [0, 0.1) is 0 Å². The molecule has 134 valence electrons. The van der Waals surface area contributed by atoms with Crippen molar-refractivity contribution in [1.29, 1.82) is 0 Å². The molecular formula is C20H25NO4. The van der Waals surface area contributed by atoms with Crippen molar-refractivity contribution in [3.05, 3.63) is 59.2 Å². The highest BCUT2D eigenvalue weighted by Crippen LogP contribution is 2.24. The van der Waals surface area contributed by atoms with Gasteiger partial charge in [0.25, 0.3) is 0 Å². The molecule has 5 nitrogen and oxygen atoms in total. The molecule has 2 rings (SSSR count). The molecule has 0 aliphatic heterocycles. The number of methoxy groups -OCH3 is 2. The Labute approximate surface area is 148 Å². The molecule has 0 unspecified atom stereocenters. The van der Waals surface area contributed by atoms with Crippen LogP contribution in [0.2, 0.25) is 0 Å². The number of carbonyl (C=O) groups excluding carboxylic acids is 1. The summed E-state index contributed by atoms with van der Waals surface area (Å²) in [5, 5.41) is 2.93. The lowest BCUT2D eigenvalue weighted by molar-refractivity contribution is -0.120. The molecule has 2 aromatic rings. The maximum absolute atomic E-state index is 12.2. The Kier molecular flexibility index (Phi) is 7.29. The molecule has 0 aliphatic carbocycles.